The van der Waals surface area contributed by atoms with Crippen molar-refractivity contribution in [3.05, 3.63) is 29.8 Å². The lowest BCUT2D eigenvalue weighted by Crippen LogP contribution is -2.41. The smallest absolute Gasteiger partial charge is 0.326 e. The number of amides is 2. The second-order valence-corrected chi connectivity index (χ2v) is 4.89. The number of anilines is 1. The zero-order valence-electron chi connectivity index (χ0n) is 12.3. The standard InChI is InChI=1S/C15H17N3O4/c1-9(8-16)7-13(15(21)22)18-14(20)11-3-5-12(6-4-11)17-10(2)19/h3-6,9,13H,7H2,1-2H3,(H,17,19)(H,18,20)(H,21,22)/t9-,13+/m1/s1. The second kappa shape index (κ2) is 7.78. The van der Waals surface area contributed by atoms with Crippen molar-refractivity contribution in [1.29, 1.82) is 5.26 Å². The summed E-state index contributed by atoms with van der Waals surface area (Å²) >= 11 is 0. The Balaban J connectivity index is 2.75. The molecule has 0 saturated heterocycles. The molecule has 0 aliphatic rings. The lowest BCUT2D eigenvalue weighted by molar-refractivity contribution is -0.139. The van der Waals surface area contributed by atoms with Gasteiger partial charge in [-0.2, -0.15) is 5.26 Å². The minimum atomic E-state index is -1.19. The quantitative estimate of drug-likeness (QED) is 0.733. The van der Waals surface area contributed by atoms with Crippen LogP contribution in [0.2, 0.25) is 0 Å². The van der Waals surface area contributed by atoms with E-state index in [2.05, 4.69) is 10.6 Å². The Morgan fingerprint density at radius 1 is 1.27 bits per heavy atom. The van der Waals surface area contributed by atoms with Crippen molar-refractivity contribution in [2.45, 2.75) is 26.3 Å². The lowest BCUT2D eigenvalue weighted by Gasteiger charge is -2.15. The largest absolute Gasteiger partial charge is 0.480 e. The molecule has 0 fully saturated rings. The number of carbonyl (C=O) groups is 3. The van der Waals surface area contributed by atoms with Gasteiger partial charge in [0.15, 0.2) is 0 Å². The highest BCUT2D eigenvalue weighted by molar-refractivity contribution is 5.97. The van der Waals surface area contributed by atoms with E-state index in [1.165, 1.54) is 19.1 Å². The SMILES string of the molecule is CC(=O)Nc1ccc(C(=O)N[C@@H](C[C@@H](C)C#N)C(=O)O)cc1. The van der Waals surface area contributed by atoms with Gasteiger partial charge < -0.3 is 15.7 Å². The second-order valence-electron chi connectivity index (χ2n) is 4.89. The zero-order chi connectivity index (χ0) is 16.7. The Labute approximate surface area is 127 Å². The molecule has 0 spiro atoms. The maximum Gasteiger partial charge on any atom is 0.326 e. The van der Waals surface area contributed by atoms with Gasteiger partial charge in [-0.3, -0.25) is 9.59 Å². The minimum absolute atomic E-state index is 0.0293. The summed E-state index contributed by atoms with van der Waals surface area (Å²) in [5.41, 5.74) is 0.807. The number of nitrogens with one attached hydrogen (secondary N) is 2. The summed E-state index contributed by atoms with van der Waals surface area (Å²) in [6, 6.07) is 6.86. The molecule has 3 N–H and O–H groups in total. The number of hydrogen-bond donors (Lipinski definition) is 3. The van der Waals surface area contributed by atoms with E-state index in [-0.39, 0.29) is 17.9 Å². The van der Waals surface area contributed by atoms with E-state index >= 15 is 0 Å². The third-order valence-corrected chi connectivity index (χ3v) is 2.88. The maximum atomic E-state index is 12.0. The molecular formula is C15H17N3O4. The molecule has 0 unspecified atom stereocenters. The average molecular weight is 303 g/mol. The van der Waals surface area contributed by atoms with Crippen LogP contribution >= 0.6 is 0 Å². The van der Waals surface area contributed by atoms with Gasteiger partial charge in [-0.1, -0.05) is 0 Å². The van der Waals surface area contributed by atoms with Gasteiger partial charge in [0.25, 0.3) is 5.91 Å². The van der Waals surface area contributed by atoms with Crippen molar-refractivity contribution in [2.24, 2.45) is 5.92 Å². The molecule has 0 aromatic heterocycles. The highest BCUT2D eigenvalue weighted by Crippen LogP contribution is 2.11. The average Bonchev–Trinajstić information content (AvgIpc) is 2.46. The van der Waals surface area contributed by atoms with Gasteiger partial charge in [0.2, 0.25) is 5.91 Å². The van der Waals surface area contributed by atoms with Gasteiger partial charge in [0, 0.05) is 24.1 Å². The lowest BCUT2D eigenvalue weighted by atomic mass is 10.0. The van der Waals surface area contributed by atoms with Crippen molar-refractivity contribution >= 4 is 23.5 Å². The van der Waals surface area contributed by atoms with Gasteiger partial charge >= 0.3 is 5.97 Å². The number of benzene rings is 1. The zero-order valence-corrected chi connectivity index (χ0v) is 12.3. The first-order valence-corrected chi connectivity index (χ1v) is 6.64. The number of carboxylic acids is 1. The fourth-order valence-corrected chi connectivity index (χ4v) is 1.78. The van der Waals surface area contributed by atoms with Crippen LogP contribution in [0.3, 0.4) is 0 Å². The highest BCUT2D eigenvalue weighted by Gasteiger charge is 2.23. The Morgan fingerprint density at radius 3 is 2.32 bits per heavy atom. The number of aliphatic carboxylic acids is 1. The van der Waals surface area contributed by atoms with Crippen LogP contribution in [-0.4, -0.2) is 28.9 Å². The van der Waals surface area contributed by atoms with Gasteiger partial charge in [-0.25, -0.2) is 4.79 Å². The summed E-state index contributed by atoms with van der Waals surface area (Å²) < 4.78 is 0. The van der Waals surface area contributed by atoms with Crippen LogP contribution in [0.5, 0.6) is 0 Å². The first kappa shape index (κ1) is 17.2. The van der Waals surface area contributed by atoms with Crippen LogP contribution in [0.1, 0.15) is 30.6 Å². The predicted molar refractivity (Wildman–Crippen MR) is 79.0 cm³/mol. The number of carboxylic acid groups (broad SMARTS) is 1. The Morgan fingerprint density at radius 2 is 1.86 bits per heavy atom. The van der Waals surface area contributed by atoms with E-state index in [0.29, 0.717) is 5.69 Å². The van der Waals surface area contributed by atoms with E-state index in [1.807, 2.05) is 6.07 Å². The first-order chi connectivity index (χ1) is 10.3. The summed E-state index contributed by atoms with van der Waals surface area (Å²) in [5, 5.41) is 22.8. The van der Waals surface area contributed by atoms with Crippen LogP contribution < -0.4 is 10.6 Å². The minimum Gasteiger partial charge on any atom is -0.480 e. The van der Waals surface area contributed by atoms with E-state index in [4.69, 9.17) is 10.4 Å². The molecule has 0 heterocycles. The van der Waals surface area contributed by atoms with E-state index in [9.17, 15) is 14.4 Å². The highest BCUT2D eigenvalue weighted by atomic mass is 16.4. The van der Waals surface area contributed by atoms with Crippen molar-refractivity contribution in [3.8, 4) is 6.07 Å². The number of nitriles is 1. The molecule has 2 amide bonds. The van der Waals surface area contributed by atoms with Crippen LogP contribution in [0.25, 0.3) is 0 Å². The summed E-state index contributed by atoms with van der Waals surface area (Å²) in [5.74, 6) is -2.45. The van der Waals surface area contributed by atoms with E-state index in [0.717, 1.165) is 0 Å². The van der Waals surface area contributed by atoms with Crippen LogP contribution in [0.4, 0.5) is 5.69 Å². The fourth-order valence-electron chi connectivity index (χ4n) is 1.78. The van der Waals surface area contributed by atoms with Crippen molar-refractivity contribution < 1.29 is 19.5 Å². The molecule has 0 saturated carbocycles. The molecule has 0 radical (unpaired) electrons. The molecule has 0 bridgehead atoms. The molecule has 7 nitrogen and oxygen atoms in total. The van der Waals surface area contributed by atoms with E-state index in [1.54, 1.807) is 19.1 Å². The van der Waals surface area contributed by atoms with Crippen molar-refractivity contribution in [2.75, 3.05) is 5.32 Å². The molecular weight excluding hydrogens is 286 g/mol. The van der Waals surface area contributed by atoms with Crippen LogP contribution in [-0.2, 0) is 9.59 Å². The van der Waals surface area contributed by atoms with Crippen molar-refractivity contribution in [1.82, 2.24) is 5.32 Å². The molecule has 0 aliphatic carbocycles. The number of rotatable bonds is 6. The molecule has 1 rings (SSSR count). The Bertz CT molecular complexity index is 604. The normalized spacial score (nSPS) is 12.6. The molecule has 1 aromatic carbocycles. The molecule has 22 heavy (non-hydrogen) atoms. The number of hydrogen-bond acceptors (Lipinski definition) is 4. The third-order valence-electron chi connectivity index (χ3n) is 2.88. The fraction of sp³-hybridized carbons (Fsp3) is 0.333. The number of nitrogens with zero attached hydrogens (tertiary/aromatic N) is 1. The molecule has 116 valence electrons. The summed E-state index contributed by atoms with van der Waals surface area (Å²) in [7, 11) is 0. The topological polar surface area (TPSA) is 119 Å². The Hall–Kier alpha value is -2.88. The first-order valence-electron chi connectivity index (χ1n) is 6.64. The predicted octanol–water partition coefficient (Wildman–Crippen LogP) is 1.38. The van der Waals surface area contributed by atoms with Gasteiger partial charge in [0.05, 0.1) is 6.07 Å². The summed E-state index contributed by atoms with van der Waals surface area (Å²) in [6.07, 6.45) is 0.0293. The van der Waals surface area contributed by atoms with E-state index < -0.39 is 23.8 Å². The van der Waals surface area contributed by atoms with Gasteiger partial charge in [-0.05, 0) is 37.6 Å². The Kier molecular flexibility index (Phi) is 6.08. The van der Waals surface area contributed by atoms with Crippen LogP contribution in [0, 0.1) is 17.2 Å². The molecule has 0 aliphatic heterocycles. The summed E-state index contributed by atoms with van der Waals surface area (Å²) in [6.45, 7) is 2.96. The van der Waals surface area contributed by atoms with Gasteiger partial charge in [0.1, 0.15) is 6.04 Å². The monoisotopic (exact) mass is 303 g/mol. The third kappa shape index (κ3) is 5.25. The summed E-state index contributed by atoms with van der Waals surface area (Å²) in [4.78, 5) is 34.0. The van der Waals surface area contributed by atoms with Gasteiger partial charge in [-0.15, -0.1) is 0 Å². The molecule has 2 atom stereocenters. The molecule has 1 aromatic rings. The number of carbonyl (C=O) groups excluding carboxylic acids is 2. The maximum absolute atomic E-state index is 12.0. The molecule has 7 heteroatoms. The van der Waals surface area contributed by atoms with Crippen LogP contribution in [0.15, 0.2) is 24.3 Å². The van der Waals surface area contributed by atoms with Crippen molar-refractivity contribution in [3.63, 3.8) is 0 Å².